The molecular weight excluding hydrogens is 308 g/mol. The Bertz CT molecular complexity index is 428. The van der Waals surface area contributed by atoms with Crippen LogP contribution in [0.5, 0.6) is 5.75 Å². The van der Waals surface area contributed by atoms with Crippen LogP contribution in [0, 0.1) is 0 Å². The fraction of sp³-hybridized carbons (Fsp3) is 0.500. The maximum atomic E-state index is 12.3. The van der Waals surface area contributed by atoms with Gasteiger partial charge in [-0.15, -0.1) is 0 Å². The Morgan fingerprint density at radius 3 is 2.47 bits per heavy atom. The van der Waals surface area contributed by atoms with E-state index in [1.54, 1.807) is 0 Å². The summed E-state index contributed by atoms with van der Waals surface area (Å²) in [5, 5.41) is 0. The van der Waals surface area contributed by atoms with Crippen LogP contribution < -0.4 is 9.64 Å². The van der Waals surface area contributed by atoms with Crippen molar-refractivity contribution in [1.82, 2.24) is 4.90 Å². The first kappa shape index (κ1) is 14.3. The lowest BCUT2D eigenvalue weighted by molar-refractivity contribution is -0.883. The van der Waals surface area contributed by atoms with Gasteiger partial charge in [0.1, 0.15) is 5.75 Å². The third kappa shape index (κ3) is 3.94. The van der Waals surface area contributed by atoms with Crippen LogP contribution in [0.15, 0.2) is 28.7 Å². The summed E-state index contributed by atoms with van der Waals surface area (Å²) in [5.74, 6) is 0.805. The van der Waals surface area contributed by atoms with Crippen molar-refractivity contribution in [3.05, 3.63) is 28.7 Å². The first-order chi connectivity index (χ1) is 9.06. The van der Waals surface area contributed by atoms with Gasteiger partial charge in [-0.3, -0.25) is 4.79 Å². The first-order valence-corrected chi connectivity index (χ1v) is 7.38. The molecule has 0 saturated carbocycles. The van der Waals surface area contributed by atoms with Crippen molar-refractivity contribution >= 4 is 21.8 Å². The Morgan fingerprint density at radius 2 is 1.89 bits per heavy atom. The molecule has 0 spiro atoms. The maximum absolute atomic E-state index is 12.3. The Labute approximate surface area is 122 Å². The molecule has 0 radical (unpaired) electrons. The largest absolute Gasteiger partial charge is 0.481 e. The quantitative estimate of drug-likeness (QED) is 0.881. The molecule has 19 heavy (non-hydrogen) atoms. The van der Waals surface area contributed by atoms with E-state index in [-0.39, 0.29) is 5.91 Å². The number of hydrogen-bond acceptors (Lipinski definition) is 2. The molecule has 5 heteroatoms. The van der Waals surface area contributed by atoms with Crippen LogP contribution in [0.4, 0.5) is 0 Å². The minimum absolute atomic E-state index is 0.0791. The highest BCUT2D eigenvalue weighted by Gasteiger charge is 2.26. The normalized spacial score (nSPS) is 18.2. The van der Waals surface area contributed by atoms with Crippen molar-refractivity contribution in [2.75, 3.05) is 33.2 Å². The van der Waals surface area contributed by atoms with Crippen LogP contribution in [0.2, 0.25) is 0 Å². The molecule has 1 amide bonds. The highest BCUT2D eigenvalue weighted by Crippen LogP contribution is 2.17. The average Bonchev–Trinajstić information content (AvgIpc) is 2.41. The SMILES string of the molecule is C[C@@H](Oc1ccc(Br)cc1)C(=O)N1CC[NH+](C)CC1. The molecule has 0 unspecified atom stereocenters. The fourth-order valence-electron chi connectivity index (χ4n) is 2.13. The zero-order chi connectivity index (χ0) is 13.8. The van der Waals surface area contributed by atoms with Crippen LogP contribution in [0.25, 0.3) is 0 Å². The minimum Gasteiger partial charge on any atom is -0.481 e. The third-order valence-electron chi connectivity index (χ3n) is 3.40. The molecule has 0 aliphatic carbocycles. The van der Waals surface area contributed by atoms with Crippen molar-refractivity contribution in [2.45, 2.75) is 13.0 Å². The summed E-state index contributed by atoms with van der Waals surface area (Å²) in [6, 6.07) is 7.54. The van der Waals surface area contributed by atoms with Crippen molar-refractivity contribution in [1.29, 1.82) is 0 Å². The number of benzene rings is 1. The van der Waals surface area contributed by atoms with Crippen LogP contribution in [-0.2, 0) is 4.79 Å². The summed E-state index contributed by atoms with van der Waals surface area (Å²) >= 11 is 3.38. The number of amides is 1. The van der Waals surface area contributed by atoms with Gasteiger partial charge in [0.05, 0.1) is 33.2 Å². The van der Waals surface area contributed by atoms with E-state index in [4.69, 9.17) is 4.74 Å². The standard InChI is InChI=1S/C14H19BrN2O2/c1-11(19-13-5-3-12(15)4-6-13)14(18)17-9-7-16(2)8-10-17/h3-6,11H,7-10H2,1-2H3/p+1/t11-/m1/s1. The molecule has 1 atom stereocenters. The van der Waals surface area contributed by atoms with E-state index in [0.29, 0.717) is 0 Å². The maximum Gasteiger partial charge on any atom is 0.263 e. The molecule has 1 N–H and O–H groups in total. The highest BCUT2D eigenvalue weighted by molar-refractivity contribution is 9.10. The lowest BCUT2D eigenvalue weighted by Gasteiger charge is -2.31. The Morgan fingerprint density at radius 1 is 1.32 bits per heavy atom. The number of nitrogens with zero attached hydrogens (tertiary/aromatic N) is 1. The molecule has 1 aliphatic rings. The van der Waals surface area contributed by atoms with E-state index < -0.39 is 6.10 Å². The van der Waals surface area contributed by atoms with Gasteiger partial charge in [-0.05, 0) is 31.2 Å². The van der Waals surface area contributed by atoms with E-state index >= 15 is 0 Å². The number of hydrogen-bond donors (Lipinski definition) is 1. The Balaban J connectivity index is 1.90. The van der Waals surface area contributed by atoms with Gasteiger partial charge < -0.3 is 14.5 Å². The van der Waals surface area contributed by atoms with Gasteiger partial charge in [-0.25, -0.2) is 0 Å². The molecular formula is C14H20BrN2O2+. The second-order valence-corrected chi connectivity index (χ2v) is 5.91. The van der Waals surface area contributed by atoms with Gasteiger partial charge in [-0.1, -0.05) is 15.9 Å². The number of rotatable bonds is 3. The number of carbonyl (C=O) groups is 1. The van der Waals surface area contributed by atoms with E-state index in [2.05, 4.69) is 23.0 Å². The highest BCUT2D eigenvalue weighted by atomic mass is 79.9. The van der Waals surface area contributed by atoms with Gasteiger partial charge in [0, 0.05) is 4.47 Å². The zero-order valence-corrected chi connectivity index (χ0v) is 12.9. The van der Waals surface area contributed by atoms with Gasteiger partial charge >= 0.3 is 0 Å². The number of piperazine rings is 1. The number of carbonyl (C=O) groups excluding carboxylic acids is 1. The van der Waals surface area contributed by atoms with Gasteiger partial charge in [0.15, 0.2) is 6.10 Å². The molecule has 2 rings (SSSR count). The smallest absolute Gasteiger partial charge is 0.263 e. The van der Waals surface area contributed by atoms with Crippen LogP contribution in [0.3, 0.4) is 0 Å². The summed E-state index contributed by atoms with van der Waals surface area (Å²) in [6.45, 7) is 5.47. The van der Waals surface area contributed by atoms with Crippen molar-refractivity contribution in [2.24, 2.45) is 0 Å². The van der Waals surface area contributed by atoms with Crippen LogP contribution in [-0.4, -0.2) is 50.1 Å². The van der Waals surface area contributed by atoms with Crippen LogP contribution >= 0.6 is 15.9 Å². The van der Waals surface area contributed by atoms with Crippen molar-refractivity contribution in [3.8, 4) is 5.75 Å². The predicted octanol–water partition coefficient (Wildman–Crippen LogP) is 0.573. The lowest BCUT2D eigenvalue weighted by Crippen LogP contribution is -3.12. The molecule has 0 aromatic heterocycles. The fourth-order valence-corrected chi connectivity index (χ4v) is 2.40. The van der Waals surface area contributed by atoms with E-state index in [1.807, 2.05) is 36.1 Å². The summed E-state index contributed by atoms with van der Waals surface area (Å²) < 4.78 is 6.69. The van der Waals surface area contributed by atoms with Crippen molar-refractivity contribution in [3.63, 3.8) is 0 Å². The van der Waals surface area contributed by atoms with Crippen LogP contribution in [0.1, 0.15) is 6.92 Å². The Hall–Kier alpha value is -1.07. The van der Waals surface area contributed by atoms with Gasteiger partial charge in [0.2, 0.25) is 0 Å². The zero-order valence-electron chi connectivity index (χ0n) is 11.4. The molecule has 1 fully saturated rings. The average molecular weight is 328 g/mol. The molecule has 1 saturated heterocycles. The van der Waals surface area contributed by atoms with E-state index in [1.165, 1.54) is 4.90 Å². The number of ether oxygens (including phenoxy) is 1. The number of nitrogens with one attached hydrogen (secondary N) is 1. The second-order valence-electron chi connectivity index (χ2n) is 5.00. The topological polar surface area (TPSA) is 34.0 Å². The molecule has 1 aromatic rings. The molecule has 1 aliphatic heterocycles. The van der Waals surface area contributed by atoms with Crippen molar-refractivity contribution < 1.29 is 14.4 Å². The number of likely N-dealkylation sites (N-methyl/N-ethyl adjacent to an activating group) is 1. The Kier molecular flexibility index (Phi) is 4.82. The van der Waals surface area contributed by atoms with Gasteiger partial charge in [0.25, 0.3) is 5.91 Å². The van der Waals surface area contributed by atoms with Gasteiger partial charge in [-0.2, -0.15) is 0 Å². The number of quaternary nitrogens is 1. The minimum atomic E-state index is -0.431. The number of halogens is 1. The van der Waals surface area contributed by atoms with E-state index in [9.17, 15) is 4.79 Å². The molecule has 0 bridgehead atoms. The monoisotopic (exact) mass is 327 g/mol. The molecule has 104 valence electrons. The lowest BCUT2D eigenvalue weighted by atomic mass is 10.2. The molecule has 1 heterocycles. The summed E-state index contributed by atoms with van der Waals surface area (Å²) in [4.78, 5) is 15.6. The second kappa shape index (κ2) is 6.39. The predicted molar refractivity (Wildman–Crippen MR) is 77.4 cm³/mol. The summed E-state index contributed by atoms with van der Waals surface area (Å²) in [5.41, 5.74) is 0. The summed E-state index contributed by atoms with van der Waals surface area (Å²) in [6.07, 6.45) is -0.431. The molecule has 1 aromatic carbocycles. The summed E-state index contributed by atoms with van der Waals surface area (Å²) in [7, 11) is 2.16. The van der Waals surface area contributed by atoms with E-state index in [0.717, 1.165) is 36.4 Å². The first-order valence-electron chi connectivity index (χ1n) is 6.58. The third-order valence-corrected chi connectivity index (χ3v) is 3.93. The molecule has 4 nitrogen and oxygen atoms in total.